The van der Waals surface area contributed by atoms with E-state index in [1.807, 2.05) is 13.8 Å². The van der Waals surface area contributed by atoms with Crippen LogP contribution in [-0.4, -0.2) is 0 Å². The number of aryl methyl sites for hydroxylation is 2. The van der Waals surface area contributed by atoms with Gasteiger partial charge in [-0.15, -0.1) is 0 Å². The van der Waals surface area contributed by atoms with Crippen molar-refractivity contribution in [3.8, 4) is 0 Å². The second-order valence-corrected chi connectivity index (χ2v) is 3.27. The van der Waals surface area contributed by atoms with Crippen molar-refractivity contribution >= 4 is 0 Å². The highest BCUT2D eigenvalue weighted by atomic mass is 19.1. The van der Waals surface area contributed by atoms with Crippen molar-refractivity contribution in [2.75, 3.05) is 0 Å². The molecule has 1 rings (SSSR count). The Bertz CT molecular complexity index is 253. The highest BCUT2D eigenvalue weighted by molar-refractivity contribution is 5.31. The van der Waals surface area contributed by atoms with Crippen LogP contribution >= 0.6 is 0 Å². The Morgan fingerprint density at radius 3 is 2.42 bits per heavy atom. The number of rotatable bonds is 2. The van der Waals surface area contributed by atoms with Gasteiger partial charge in [0.05, 0.1) is 0 Å². The molecule has 0 N–H and O–H groups in total. The van der Waals surface area contributed by atoms with Crippen molar-refractivity contribution < 1.29 is 4.39 Å². The first-order valence-corrected chi connectivity index (χ1v) is 4.40. The van der Waals surface area contributed by atoms with Crippen LogP contribution in [0.1, 0.15) is 30.0 Å². The van der Waals surface area contributed by atoms with Gasteiger partial charge in [0, 0.05) is 0 Å². The monoisotopic (exact) mass is 166 g/mol. The Morgan fingerprint density at radius 2 is 1.92 bits per heavy atom. The van der Waals surface area contributed by atoms with Crippen LogP contribution in [0.15, 0.2) is 12.1 Å². The maximum Gasteiger partial charge on any atom is 0.126 e. The van der Waals surface area contributed by atoms with E-state index in [-0.39, 0.29) is 5.82 Å². The summed E-state index contributed by atoms with van der Waals surface area (Å²) >= 11 is 0. The number of hydrogen-bond acceptors (Lipinski definition) is 0. The van der Waals surface area contributed by atoms with E-state index in [1.54, 1.807) is 6.07 Å². The van der Waals surface area contributed by atoms with E-state index in [1.165, 1.54) is 0 Å². The molecule has 0 aliphatic rings. The zero-order chi connectivity index (χ0) is 9.14. The van der Waals surface area contributed by atoms with Crippen LogP contribution in [0.3, 0.4) is 0 Å². The molecule has 0 aromatic heterocycles. The predicted octanol–water partition coefficient (Wildman–Crippen LogP) is 3.40. The molecule has 0 radical (unpaired) electrons. The molecule has 66 valence electrons. The first-order chi connectivity index (χ1) is 5.65. The van der Waals surface area contributed by atoms with Crippen LogP contribution in [0.4, 0.5) is 4.39 Å². The van der Waals surface area contributed by atoms with Crippen LogP contribution in [0.5, 0.6) is 0 Å². The largest absolute Gasteiger partial charge is 0.207 e. The van der Waals surface area contributed by atoms with Gasteiger partial charge in [-0.2, -0.15) is 0 Å². The molecule has 1 aromatic carbocycles. The van der Waals surface area contributed by atoms with E-state index in [2.05, 4.69) is 13.0 Å². The normalized spacial score (nSPS) is 10.3. The fourth-order valence-corrected chi connectivity index (χ4v) is 1.32. The maximum atomic E-state index is 13.2. The third-order valence-electron chi connectivity index (χ3n) is 2.20. The van der Waals surface area contributed by atoms with Crippen LogP contribution in [0.25, 0.3) is 0 Å². The summed E-state index contributed by atoms with van der Waals surface area (Å²) < 4.78 is 13.2. The zero-order valence-corrected chi connectivity index (χ0v) is 7.95. The molecule has 0 heterocycles. The van der Waals surface area contributed by atoms with E-state index >= 15 is 0 Å². The Morgan fingerprint density at radius 1 is 1.25 bits per heavy atom. The topological polar surface area (TPSA) is 0 Å². The average molecular weight is 166 g/mol. The van der Waals surface area contributed by atoms with Gasteiger partial charge < -0.3 is 0 Å². The van der Waals surface area contributed by atoms with Crippen molar-refractivity contribution in [3.05, 3.63) is 34.6 Å². The van der Waals surface area contributed by atoms with Gasteiger partial charge in [-0.05, 0) is 43.0 Å². The highest BCUT2D eigenvalue weighted by Gasteiger charge is 2.02. The van der Waals surface area contributed by atoms with Crippen molar-refractivity contribution in [2.24, 2.45) is 0 Å². The molecule has 0 spiro atoms. The summed E-state index contributed by atoms with van der Waals surface area (Å²) in [4.78, 5) is 0. The quantitative estimate of drug-likeness (QED) is 0.631. The lowest BCUT2D eigenvalue weighted by Gasteiger charge is -2.05. The standard InChI is InChI=1S/C11H15F/c1-4-5-10-6-8(2)9(3)11(12)7-10/h6-7H,4-5H2,1-3H3. The third kappa shape index (κ3) is 1.84. The molecule has 1 aromatic rings. The second-order valence-electron chi connectivity index (χ2n) is 3.27. The van der Waals surface area contributed by atoms with Crippen molar-refractivity contribution in [1.82, 2.24) is 0 Å². The average Bonchev–Trinajstić information content (AvgIpc) is 2.01. The second kappa shape index (κ2) is 3.70. The minimum Gasteiger partial charge on any atom is -0.207 e. The summed E-state index contributed by atoms with van der Waals surface area (Å²) in [5, 5.41) is 0. The minimum atomic E-state index is -0.0709. The number of halogens is 1. The fourth-order valence-electron chi connectivity index (χ4n) is 1.32. The molecule has 0 unspecified atom stereocenters. The van der Waals surface area contributed by atoms with Crippen molar-refractivity contribution in [3.63, 3.8) is 0 Å². The lowest BCUT2D eigenvalue weighted by molar-refractivity contribution is 0.614. The smallest absolute Gasteiger partial charge is 0.126 e. The molecule has 0 fully saturated rings. The van der Waals surface area contributed by atoms with Gasteiger partial charge in [0.2, 0.25) is 0 Å². The lowest BCUT2D eigenvalue weighted by Crippen LogP contribution is -1.92. The highest BCUT2D eigenvalue weighted by Crippen LogP contribution is 2.15. The Balaban J connectivity index is 3.04. The molecule has 0 aliphatic heterocycles. The first kappa shape index (κ1) is 9.24. The van der Waals surface area contributed by atoms with Crippen molar-refractivity contribution in [2.45, 2.75) is 33.6 Å². The Hall–Kier alpha value is -0.850. The Kier molecular flexibility index (Phi) is 2.85. The predicted molar refractivity (Wildman–Crippen MR) is 49.9 cm³/mol. The molecule has 0 atom stereocenters. The van der Waals surface area contributed by atoms with Crippen LogP contribution in [0, 0.1) is 19.7 Å². The van der Waals surface area contributed by atoms with E-state index in [0.29, 0.717) is 0 Å². The minimum absolute atomic E-state index is 0.0709. The molecule has 0 bridgehead atoms. The van der Waals surface area contributed by atoms with E-state index in [4.69, 9.17) is 0 Å². The molecule has 0 nitrogen and oxygen atoms in total. The summed E-state index contributed by atoms with van der Waals surface area (Å²) in [6, 6.07) is 3.72. The van der Waals surface area contributed by atoms with E-state index < -0.39 is 0 Å². The molecule has 0 saturated heterocycles. The number of hydrogen-bond donors (Lipinski definition) is 0. The summed E-state index contributed by atoms with van der Waals surface area (Å²) in [6.45, 7) is 5.88. The SMILES string of the molecule is CCCc1cc(C)c(C)c(F)c1. The number of benzene rings is 1. The first-order valence-electron chi connectivity index (χ1n) is 4.40. The molecule has 0 saturated carbocycles. The van der Waals surface area contributed by atoms with E-state index in [9.17, 15) is 4.39 Å². The van der Waals surface area contributed by atoms with Gasteiger partial charge in [-0.25, -0.2) is 4.39 Å². The van der Waals surface area contributed by atoms with Crippen LogP contribution in [-0.2, 0) is 6.42 Å². The van der Waals surface area contributed by atoms with Crippen LogP contribution < -0.4 is 0 Å². The maximum absolute atomic E-state index is 13.2. The third-order valence-corrected chi connectivity index (χ3v) is 2.20. The summed E-state index contributed by atoms with van der Waals surface area (Å²) in [5.74, 6) is -0.0709. The van der Waals surface area contributed by atoms with Gasteiger partial charge in [0.15, 0.2) is 0 Å². The fraction of sp³-hybridized carbons (Fsp3) is 0.455. The lowest BCUT2D eigenvalue weighted by atomic mass is 10.0. The molecular formula is C11H15F. The Labute approximate surface area is 73.4 Å². The van der Waals surface area contributed by atoms with Gasteiger partial charge in [0.25, 0.3) is 0 Å². The molecule has 0 aliphatic carbocycles. The zero-order valence-electron chi connectivity index (χ0n) is 7.95. The van der Waals surface area contributed by atoms with Crippen LogP contribution in [0.2, 0.25) is 0 Å². The van der Waals surface area contributed by atoms with Crippen molar-refractivity contribution in [1.29, 1.82) is 0 Å². The van der Waals surface area contributed by atoms with Gasteiger partial charge in [-0.3, -0.25) is 0 Å². The molecule has 12 heavy (non-hydrogen) atoms. The van der Waals surface area contributed by atoms with Gasteiger partial charge >= 0.3 is 0 Å². The molecule has 0 amide bonds. The van der Waals surface area contributed by atoms with Gasteiger partial charge in [-0.1, -0.05) is 19.4 Å². The molecule has 1 heteroatoms. The van der Waals surface area contributed by atoms with E-state index in [0.717, 1.165) is 29.5 Å². The molecular weight excluding hydrogens is 151 g/mol. The summed E-state index contributed by atoms with van der Waals surface area (Å²) in [7, 11) is 0. The van der Waals surface area contributed by atoms with Gasteiger partial charge in [0.1, 0.15) is 5.82 Å². The summed E-state index contributed by atoms with van der Waals surface area (Å²) in [6.07, 6.45) is 2.04. The summed E-state index contributed by atoms with van der Waals surface area (Å²) in [5.41, 5.74) is 2.94.